The van der Waals surface area contributed by atoms with Crippen LogP contribution in [-0.4, -0.2) is 4.86 Å². The smallest absolute Gasteiger partial charge is 0.0133 e. The van der Waals surface area contributed by atoms with E-state index in [9.17, 15) is 0 Å². The first-order valence-corrected chi connectivity index (χ1v) is 4.02. The van der Waals surface area contributed by atoms with Gasteiger partial charge in [-0.15, -0.1) is 0 Å². The molecule has 0 saturated carbocycles. The van der Waals surface area contributed by atoms with Gasteiger partial charge in [0.2, 0.25) is 0 Å². The predicted octanol–water partition coefficient (Wildman–Crippen LogP) is 3.39. The summed E-state index contributed by atoms with van der Waals surface area (Å²) in [7, 11) is 0. The van der Waals surface area contributed by atoms with Gasteiger partial charge in [0.25, 0.3) is 0 Å². The van der Waals surface area contributed by atoms with Crippen molar-refractivity contribution in [1.82, 2.24) is 0 Å². The highest BCUT2D eigenvalue weighted by Gasteiger charge is 1.72. The fraction of sp³-hybridized carbons (Fsp3) is 0.300. The first kappa shape index (κ1) is 10.3. The lowest BCUT2D eigenvalue weighted by molar-refractivity contribution is 1.48. The molecule has 0 radical (unpaired) electrons. The van der Waals surface area contributed by atoms with E-state index in [4.69, 9.17) is 0 Å². The molecule has 0 bridgehead atoms. The molecule has 0 atom stereocenters. The van der Waals surface area contributed by atoms with Gasteiger partial charge in [-0.3, -0.25) is 0 Å². The molecular formula is C10H14S. The summed E-state index contributed by atoms with van der Waals surface area (Å²) in [6, 6.07) is 10.3. The van der Waals surface area contributed by atoms with E-state index in [1.807, 2.05) is 32.0 Å². The van der Waals surface area contributed by atoms with Gasteiger partial charge in [0.15, 0.2) is 0 Å². The molecule has 1 rings (SSSR count). The Morgan fingerprint density at radius 2 is 1.45 bits per heavy atom. The first-order valence-electron chi connectivity index (χ1n) is 3.61. The molecule has 0 N–H and O–H groups in total. The molecule has 0 aliphatic rings. The van der Waals surface area contributed by atoms with Crippen LogP contribution in [0, 0.1) is 6.92 Å². The molecule has 1 aromatic carbocycles. The number of thiocarbonyl (C=S) groups is 1. The van der Waals surface area contributed by atoms with E-state index in [1.54, 1.807) is 0 Å². The van der Waals surface area contributed by atoms with Gasteiger partial charge in [-0.05, 0) is 25.6 Å². The summed E-state index contributed by atoms with van der Waals surface area (Å²) < 4.78 is 0. The molecule has 0 aliphatic carbocycles. The van der Waals surface area contributed by atoms with E-state index in [2.05, 4.69) is 31.3 Å². The Morgan fingerprint density at radius 1 is 1.09 bits per heavy atom. The zero-order valence-electron chi connectivity index (χ0n) is 7.29. The number of aryl methyl sites for hydroxylation is 1. The molecule has 1 heteroatoms. The molecule has 0 nitrogen and oxygen atoms in total. The zero-order chi connectivity index (χ0) is 8.69. The van der Waals surface area contributed by atoms with Crippen LogP contribution in [0.5, 0.6) is 0 Å². The van der Waals surface area contributed by atoms with Crippen LogP contribution in [0.15, 0.2) is 30.3 Å². The van der Waals surface area contributed by atoms with Gasteiger partial charge in [-0.1, -0.05) is 48.1 Å². The van der Waals surface area contributed by atoms with Crippen molar-refractivity contribution in [3.8, 4) is 0 Å². The largest absolute Gasteiger partial charge is 0.0903 e. The molecule has 0 amide bonds. The Labute approximate surface area is 74.3 Å². The number of hydrogen-bond acceptors (Lipinski definition) is 1. The molecular weight excluding hydrogens is 152 g/mol. The van der Waals surface area contributed by atoms with E-state index < -0.39 is 0 Å². The van der Waals surface area contributed by atoms with E-state index in [1.165, 1.54) is 5.56 Å². The van der Waals surface area contributed by atoms with Gasteiger partial charge >= 0.3 is 0 Å². The summed E-state index contributed by atoms with van der Waals surface area (Å²) in [6.45, 7) is 5.88. The molecule has 0 heterocycles. The third kappa shape index (κ3) is 9.31. The maximum atomic E-state index is 4.54. The molecule has 60 valence electrons. The van der Waals surface area contributed by atoms with Gasteiger partial charge in [-0.2, -0.15) is 0 Å². The van der Waals surface area contributed by atoms with E-state index in [-0.39, 0.29) is 0 Å². The number of benzene rings is 1. The third-order valence-electron chi connectivity index (χ3n) is 0.940. The fourth-order valence-electron chi connectivity index (χ4n) is 0.534. The van der Waals surface area contributed by atoms with Crippen molar-refractivity contribution < 1.29 is 0 Å². The number of rotatable bonds is 0. The van der Waals surface area contributed by atoms with Gasteiger partial charge < -0.3 is 0 Å². The second-order valence-corrected chi connectivity index (χ2v) is 3.38. The quantitative estimate of drug-likeness (QED) is 0.532. The van der Waals surface area contributed by atoms with Gasteiger partial charge in [0.05, 0.1) is 0 Å². The van der Waals surface area contributed by atoms with E-state index >= 15 is 0 Å². The van der Waals surface area contributed by atoms with Crippen LogP contribution in [0.2, 0.25) is 0 Å². The van der Waals surface area contributed by atoms with Crippen molar-refractivity contribution in [2.45, 2.75) is 20.8 Å². The Hall–Kier alpha value is -0.690. The Kier molecular flexibility index (Phi) is 5.67. The fourth-order valence-corrected chi connectivity index (χ4v) is 0.534. The lowest BCUT2D eigenvalue weighted by Gasteiger charge is -1.82. The molecule has 0 spiro atoms. The monoisotopic (exact) mass is 166 g/mol. The van der Waals surface area contributed by atoms with E-state index in [0.717, 1.165) is 4.86 Å². The highest BCUT2D eigenvalue weighted by atomic mass is 32.1. The molecule has 0 aromatic heterocycles. The summed E-state index contributed by atoms with van der Waals surface area (Å²) >= 11 is 4.54. The van der Waals surface area contributed by atoms with Crippen LogP contribution >= 0.6 is 12.2 Å². The minimum absolute atomic E-state index is 1.00. The minimum Gasteiger partial charge on any atom is -0.0903 e. The van der Waals surface area contributed by atoms with Gasteiger partial charge in [-0.25, -0.2) is 0 Å². The number of hydrogen-bond donors (Lipinski definition) is 0. The normalized spacial score (nSPS) is 7.91. The highest BCUT2D eigenvalue weighted by molar-refractivity contribution is 7.80. The van der Waals surface area contributed by atoms with Crippen molar-refractivity contribution in [2.75, 3.05) is 0 Å². The average Bonchev–Trinajstić information content (AvgIpc) is 1.87. The van der Waals surface area contributed by atoms with Gasteiger partial charge in [0, 0.05) is 0 Å². The molecule has 0 aliphatic heterocycles. The summed E-state index contributed by atoms with van der Waals surface area (Å²) in [5.74, 6) is 0. The molecule has 0 saturated heterocycles. The molecule has 0 unspecified atom stereocenters. The van der Waals surface area contributed by atoms with Crippen molar-refractivity contribution in [2.24, 2.45) is 0 Å². The third-order valence-corrected chi connectivity index (χ3v) is 0.940. The van der Waals surface area contributed by atoms with Crippen LogP contribution in [0.3, 0.4) is 0 Å². The SMILES string of the molecule is CC(C)=S.Cc1ccccc1. The van der Waals surface area contributed by atoms with Crippen molar-refractivity contribution >= 4 is 17.1 Å². The molecule has 11 heavy (non-hydrogen) atoms. The minimum atomic E-state index is 1.00. The van der Waals surface area contributed by atoms with Crippen molar-refractivity contribution in [1.29, 1.82) is 0 Å². The van der Waals surface area contributed by atoms with E-state index in [0.29, 0.717) is 0 Å². The summed E-state index contributed by atoms with van der Waals surface area (Å²) in [4.78, 5) is 1.00. The van der Waals surface area contributed by atoms with Crippen LogP contribution in [0.25, 0.3) is 0 Å². The van der Waals surface area contributed by atoms with Crippen LogP contribution < -0.4 is 0 Å². The molecule has 0 fully saturated rings. The van der Waals surface area contributed by atoms with Gasteiger partial charge in [0.1, 0.15) is 0 Å². The lowest BCUT2D eigenvalue weighted by Crippen LogP contribution is -1.63. The van der Waals surface area contributed by atoms with Crippen molar-refractivity contribution in [3.63, 3.8) is 0 Å². The second kappa shape index (κ2) is 6.05. The summed E-state index contributed by atoms with van der Waals surface area (Å²) in [5.41, 5.74) is 1.32. The average molecular weight is 166 g/mol. The maximum absolute atomic E-state index is 4.54. The zero-order valence-corrected chi connectivity index (χ0v) is 8.11. The Morgan fingerprint density at radius 3 is 1.64 bits per heavy atom. The molecule has 1 aromatic rings. The Bertz CT molecular complexity index is 197. The van der Waals surface area contributed by atoms with Crippen molar-refractivity contribution in [3.05, 3.63) is 35.9 Å². The Balaban J connectivity index is 0.000000218. The lowest BCUT2D eigenvalue weighted by atomic mass is 10.2. The summed E-state index contributed by atoms with van der Waals surface area (Å²) in [5, 5.41) is 0. The first-order chi connectivity index (χ1) is 5.13. The van der Waals surface area contributed by atoms with Crippen LogP contribution in [0.4, 0.5) is 0 Å². The standard InChI is InChI=1S/C7H8.C3H6S/c1-7-5-3-2-4-6-7;1-3(2)4/h2-6H,1H3;1-2H3. The predicted molar refractivity (Wildman–Crippen MR) is 55.1 cm³/mol. The second-order valence-electron chi connectivity index (χ2n) is 2.56. The maximum Gasteiger partial charge on any atom is -0.0133 e. The van der Waals surface area contributed by atoms with Crippen LogP contribution in [-0.2, 0) is 0 Å². The highest BCUT2D eigenvalue weighted by Crippen LogP contribution is 1.92. The van der Waals surface area contributed by atoms with Crippen LogP contribution in [0.1, 0.15) is 19.4 Å². The summed E-state index contributed by atoms with van der Waals surface area (Å²) in [6.07, 6.45) is 0. The topological polar surface area (TPSA) is 0 Å².